The summed E-state index contributed by atoms with van der Waals surface area (Å²) in [5.74, 6) is -1.30. The van der Waals surface area contributed by atoms with Crippen LogP contribution in [-0.4, -0.2) is 38.0 Å². The highest BCUT2D eigenvalue weighted by Gasteiger charge is 2.20. The van der Waals surface area contributed by atoms with Gasteiger partial charge in [0.15, 0.2) is 0 Å². The van der Waals surface area contributed by atoms with Crippen molar-refractivity contribution in [1.29, 1.82) is 0 Å². The summed E-state index contributed by atoms with van der Waals surface area (Å²) in [7, 11) is 1.25. The van der Waals surface area contributed by atoms with Crippen LogP contribution in [0.25, 0.3) is 0 Å². The maximum Gasteiger partial charge on any atom is 0.337 e. The van der Waals surface area contributed by atoms with Gasteiger partial charge in [-0.3, -0.25) is 9.59 Å². The molecule has 0 aliphatic carbocycles. The van der Waals surface area contributed by atoms with Crippen molar-refractivity contribution in [3.8, 4) is 0 Å². The number of hydrogen-bond donors (Lipinski definition) is 1. The Morgan fingerprint density at radius 2 is 2.09 bits per heavy atom. The number of nitrogens with one attached hydrogen (secondary N) is 1. The molecule has 118 valence electrons. The molecular weight excluding hydrogens is 308 g/mol. The summed E-state index contributed by atoms with van der Waals surface area (Å²) >= 11 is 6.08. The number of esters is 1. The van der Waals surface area contributed by atoms with E-state index >= 15 is 0 Å². The number of nitrogens with zero attached hydrogens (tertiary/aromatic N) is 1. The van der Waals surface area contributed by atoms with Crippen molar-refractivity contribution >= 4 is 35.1 Å². The molecule has 0 atom stereocenters. The van der Waals surface area contributed by atoms with E-state index in [2.05, 4.69) is 16.6 Å². The lowest BCUT2D eigenvalue weighted by atomic mass is 10.2. The lowest BCUT2D eigenvalue weighted by Crippen LogP contribution is -2.40. The molecule has 22 heavy (non-hydrogen) atoms. The molecule has 0 aliphatic heterocycles. The van der Waals surface area contributed by atoms with E-state index < -0.39 is 5.97 Å². The van der Waals surface area contributed by atoms with Gasteiger partial charge < -0.3 is 15.0 Å². The molecule has 0 bridgehead atoms. The molecule has 7 heteroatoms. The van der Waals surface area contributed by atoms with Gasteiger partial charge in [-0.05, 0) is 18.2 Å². The number of benzene rings is 1. The molecule has 0 saturated carbocycles. The van der Waals surface area contributed by atoms with Crippen LogP contribution >= 0.6 is 11.6 Å². The Bertz CT molecular complexity index is 601. The van der Waals surface area contributed by atoms with Gasteiger partial charge in [0.2, 0.25) is 11.8 Å². The van der Waals surface area contributed by atoms with Crippen LogP contribution in [0.1, 0.15) is 17.3 Å². The molecule has 1 N–H and O–H groups in total. The first-order chi connectivity index (χ1) is 10.4. The second kappa shape index (κ2) is 8.19. The summed E-state index contributed by atoms with van der Waals surface area (Å²) in [5, 5.41) is 2.82. The fourth-order valence-electron chi connectivity index (χ4n) is 1.72. The van der Waals surface area contributed by atoms with Crippen molar-refractivity contribution in [3.63, 3.8) is 0 Å². The number of methoxy groups -OCH3 is 1. The topological polar surface area (TPSA) is 75.7 Å². The van der Waals surface area contributed by atoms with E-state index in [1.807, 2.05) is 0 Å². The average molecular weight is 325 g/mol. The van der Waals surface area contributed by atoms with Crippen molar-refractivity contribution in [2.45, 2.75) is 6.92 Å². The zero-order chi connectivity index (χ0) is 16.7. The molecule has 0 saturated heterocycles. The Morgan fingerprint density at radius 1 is 1.41 bits per heavy atom. The summed E-state index contributed by atoms with van der Waals surface area (Å²) in [6.07, 6.45) is 1.53. The number of halogens is 1. The molecule has 1 aromatic rings. The fourth-order valence-corrected chi connectivity index (χ4v) is 1.94. The van der Waals surface area contributed by atoms with Crippen LogP contribution in [-0.2, 0) is 14.3 Å². The molecule has 1 rings (SSSR count). The minimum atomic E-state index is -0.558. The van der Waals surface area contributed by atoms with Crippen molar-refractivity contribution in [2.75, 3.05) is 25.1 Å². The summed E-state index contributed by atoms with van der Waals surface area (Å²) < 4.78 is 4.63. The summed E-state index contributed by atoms with van der Waals surface area (Å²) in [5.41, 5.74) is 0.505. The molecule has 0 spiro atoms. The predicted octanol–water partition coefficient (Wildman–Crippen LogP) is 1.78. The molecule has 1 aromatic carbocycles. The Balaban J connectivity index is 3.10. The van der Waals surface area contributed by atoms with E-state index in [4.69, 9.17) is 11.6 Å². The van der Waals surface area contributed by atoms with Gasteiger partial charge in [0, 0.05) is 13.5 Å². The van der Waals surface area contributed by atoms with Crippen LogP contribution in [0.3, 0.4) is 0 Å². The van der Waals surface area contributed by atoms with E-state index in [-0.39, 0.29) is 34.6 Å². The van der Waals surface area contributed by atoms with Crippen LogP contribution in [0.5, 0.6) is 0 Å². The first kappa shape index (κ1) is 17.7. The highest BCUT2D eigenvalue weighted by molar-refractivity contribution is 6.34. The highest BCUT2D eigenvalue weighted by atomic mass is 35.5. The minimum absolute atomic E-state index is 0.215. The zero-order valence-corrected chi connectivity index (χ0v) is 13.1. The van der Waals surface area contributed by atoms with E-state index in [0.29, 0.717) is 6.54 Å². The van der Waals surface area contributed by atoms with Gasteiger partial charge in [-0.2, -0.15) is 0 Å². The van der Waals surface area contributed by atoms with Crippen molar-refractivity contribution < 1.29 is 19.1 Å². The molecule has 0 radical (unpaired) electrons. The lowest BCUT2D eigenvalue weighted by molar-refractivity contribution is -0.122. The summed E-state index contributed by atoms with van der Waals surface area (Å²) in [6.45, 7) is 4.88. The second-order valence-corrected chi connectivity index (χ2v) is 4.76. The first-order valence-electron chi connectivity index (χ1n) is 6.44. The molecular formula is C15H17ClN2O4. The number of carbonyl (C=O) groups is 3. The van der Waals surface area contributed by atoms with Gasteiger partial charge in [-0.1, -0.05) is 17.7 Å². The molecule has 0 heterocycles. The number of rotatable bonds is 6. The van der Waals surface area contributed by atoms with Crippen LogP contribution < -0.4 is 10.2 Å². The molecule has 0 aromatic heterocycles. The van der Waals surface area contributed by atoms with E-state index in [1.54, 1.807) is 0 Å². The maximum atomic E-state index is 11.8. The summed E-state index contributed by atoms with van der Waals surface area (Å²) in [4.78, 5) is 36.4. The molecule has 0 aliphatic rings. The van der Waals surface area contributed by atoms with Gasteiger partial charge in [0.25, 0.3) is 0 Å². The van der Waals surface area contributed by atoms with Gasteiger partial charge in [-0.25, -0.2) is 4.79 Å². The molecule has 0 fully saturated rings. The van der Waals surface area contributed by atoms with Crippen LogP contribution in [0.2, 0.25) is 5.02 Å². The van der Waals surface area contributed by atoms with E-state index in [0.717, 1.165) is 0 Å². The Hall–Kier alpha value is -2.34. The molecule has 6 nitrogen and oxygen atoms in total. The molecule has 0 unspecified atom stereocenters. The van der Waals surface area contributed by atoms with Gasteiger partial charge >= 0.3 is 5.97 Å². The third-order valence-corrected chi connectivity index (χ3v) is 3.10. The van der Waals surface area contributed by atoms with Crippen LogP contribution in [0.4, 0.5) is 5.69 Å². The SMILES string of the molecule is C=CCNC(=O)CN(C(C)=O)c1cc(C(=O)OC)ccc1Cl. The maximum absolute atomic E-state index is 11.8. The first-order valence-corrected chi connectivity index (χ1v) is 6.82. The van der Waals surface area contributed by atoms with Gasteiger partial charge in [0.1, 0.15) is 6.54 Å². The summed E-state index contributed by atoms with van der Waals surface area (Å²) in [6, 6.07) is 4.37. The quantitative estimate of drug-likeness (QED) is 0.639. The number of anilines is 1. The lowest BCUT2D eigenvalue weighted by Gasteiger charge is -2.22. The number of hydrogen-bond acceptors (Lipinski definition) is 4. The Kier molecular flexibility index (Phi) is 6.59. The average Bonchev–Trinajstić information content (AvgIpc) is 2.50. The predicted molar refractivity (Wildman–Crippen MR) is 84.0 cm³/mol. The number of ether oxygens (including phenoxy) is 1. The third-order valence-electron chi connectivity index (χ3n) is 2.78. The van der Waals surface area contributed by atoms with Crippen molar-refractivity contribution in [1.82, 2.24) is 5.32 Å². The molecule has 2 amide bonds. The smallest absolute Gasteiger partial charge is 0.337 e. The van der Waals surface area contributed by atoms with E-state index in [1.165, 1.54) is 43.2 Å². The normalized spacial score (nSPS) is 9.77. The van der Waals surface area contributed by atoms with E-state index in [9.17, 15) is 14.4 Å². The fraction of sp³-hybridized carbons (Fsp3) is 0.267. The third kappa shape index (κ3) is 4.60. The second-order valence-electron chi connectivity index (χ2n) is 4.36. The Labute approximate surface area is 133 Å². The van der Waals surface area contributed by atoms with Crippen LogP contribution in [0, 0.1) is 0 Å². The number of amides is 2. The highest BCUT2D eigenvalue weighted by Crippen LogP contribution is 2.27. The van der Waals surface area contributed by atoms with Gasteiger partial charge in [-0.15, -0.1) is 6.58 Å². The minimum Gasteiger partial charge on any atom is -0.465 e. The zero-order valence-electron chi connectivity index (χ0n) is 12.4. The number of carbonyl (C=O) groups excluding carboxylic acids is 3. The monoisotopic (exact) mass is 324 g/mol. The van der Waals surface area contributed by atoms with Gasteiger partial charge in [0.05, 0.1) is 23.4 Å². The van der Waals surface area contributed by atoms with Crippen LogP contribution in [0.15, 0.2) is 30.9 Å². The standard InChI is InChI=1S/C15H17ClN2O4/c1-4-7-17-14(20)9-18(10(2)19)13-8-11(15(21)22-3)5-6-12(13)16/h4-6,8H,1,7,9H2,2-3H3,(H,17,20). The van der Waals surface area contributed by atoms with Crippen molar-refractivity contribution in [3.05, 3.63) is 41.4 Å². The largest absolute Gasteiger partial charge is 0.465 e. The van der Waals surface area contributed by atoms with Crippen molar-refractivity contribution in [2.24, 2.45) is 0 Å². The Morgan fingerprint density at radius 3 is 2.64 bits per heavy atom.